The molecule has 0 amide bonds. The van der Waals surface area contributed by atoms with Crippen LogP contribution in [-0.2, 0) is 19.2 Å². The van der Waals surface area contributed by atoms with Crippen molar-refractivity contribution in [3.63, 3.8) is 0 Å². The molecule has 0 aliphatic heterocycles. The number of nitrogens with one attached hydrogen (secondary N) is 2. The lowest BCUT2D eigenvalue weighted by Gasteiger charge is -2.25. The van der Waals surface area contributed by atoms with E-state index in [0.29, 0.717) is 16.3 Å². The van der Waals surface area contributed by atoms with Crippen LogP contribution in [0.4, 0.5) is 11.4 Å². The molecule has 1 aliphatic rings. The van der Waals surface area contributed by atoms with Crippen LogP contribution in [0.15, 0.2) is 27.3 Å². The van der Waals surface area contributed by atoms with Crippen LogP contribution in [0.3, 0.4) is 0 Å². The van der Waals surface area contributed by atoms with Crippen molar-refractivity contribution in [3.8, 4) is 23.0 Å². The van der Waals surface area contributed by atoms with E-state index in [0.717, 1.165) is 0 Å². The molecule has 6 rings (SSSR count). The average Bonchev–Trinajstić information content (AvgIpc) is 3.18. The highest BCUT2D eigenvalue weighted by Crippen LogP contribution is 2.55. The molecule has 5 N–H and O–H groups in total. The van der Waals surface area contributed by atoms with Crippen LogP contribution < -0.4 is 35.7 Å². The third-order valence-corrected chi connectivity index (χ3v) is 8.99. The summed E-state index contributed by atoms with van der Waals surface area (Å²) in [7, 11) is 4.01. The fourth-order valence-corrected chi connectivity index (χ4v) is 7.18. The van der Waals surface area contributed by atoms with E-state index in [2.05, 4.69) is 10.6 Å². The van der Waals surface area contributed by atoms with Crippen molar-refractivity contribution in [2.24, 2.45) is 0 Å². The molecule has 0 spiro atoms. The van der Waals surface area contributed by atoms with E-state index in [1.807, 2.05) is 0 Å². The number of methoxy groups -OCH3 is 3. The molecule has 0 aromatic heterocycles. The minimum absolute atomic E-state index is 0.0163. The molecule has 0 fully saturated rings. The second kappa shape index (κ2) is 11.8. The van der Waals surface area contributed by atoms with Gasteiger partial charge in [-0.15, -0.1) is 0 Å². The maximum Gasteiger partial charge on any atom is 0.372 e. The number of carbonyl (C=O) groups excluding carboxylic acids is 2. The van der Waals surface area contributed by atoms with E-state index in [9.17, 15) is 39.0 Å². The minimum Gasteiger partial charge on any atom is -0.507 e. The van der Waals surface area contributed by atoms with Gasteiger partial charge in [-0.3, -0.25) is 24.0 Å². The van der Waals surface area contributed by atoms with Crippen LogP contribution in [0.5, 0.6) is 23.0 Å². The number of benzene rings is 5. The third kappa shape index (κ3) is 4.70. The van der Waals surface area contributed by atoms with Gasteiger partial charge >= 0.3 is 11.9 Å². The van der Waals surface area contributed by atoms with Gasteiger partial charge in [-0.2, -0.15) is 0 Å². The molecule has 14 heteroatoms. The van der Waals surface area contributed by atoms with Crippen molar-refractivity contribution >= 4 is 84.0 Å². The van der Waals surface area contributed by atoms with Crippen molar-refractivity contribution in [1.82, 2.24) is 0 Å². The largest absolute Gasteiger partial charge is 0.507 e. The lowest BCUT2D eigenvalue weighted by molar-refractivity contribution is -0.148. The van der Waals surface area contributed by atoms with E-state index in [1.165, 1.54) is 40.4 Å². The first kappa shape index (κ1) is 32.7. The van der Waals surface area contributed by atoms with E-state index in [-0.39, 0.29) is 84.4 Å². The van der Waals surface area contributed by atoms with Gasteiger partial charge in [-0.05, 0) is 19.2 Å². The Morgan fingerprint density at radius 1 is 0.796 bits per heavy atom. The van der Waals surface area contributed by atoms with Crippen LogP contribution in [0.2, 0.25) is 0 Å². The number of rotatable bonds is 12. The molecule has 14 nitrogen and oxygen atoms in total. The smallest absolute Gasteiger partial charge is 0.372 e. The molecular formula is C35H30N2O12. The summed E-state index contributed by atoms with van der Waals surface area (Å²) in [5, 5.41) is 37.3. The first-order valence-electron chi connectivity index (χ1n) is 15.0. The van der Waals surface area contributed by atoms with Crippen LogP contribution in [0.1, 0.15) is 37.3 Å². The Hall–Kier alpha value is -6.18. The highest BCUT2D eigenvalue weighted by molar-refractivity contribution is 6.40. The van der Waals surface area contributed by atoms with Gasteiger partial charge in [0.15, 0.2) is 5.75 Å². The topological polar surface area (TPSA) is 215 Å². The molecule has 0 saturated heterocycles. The lowest BCUT2D eigenvalue weighted by atomic mass is 9.80. The summed E-state index contributed by atoms with van der Waals surface area (Å²) < 4.78 is 17.3. The Kier molecular flexibility index (Phi) is 7.89. The van der Waals surface area contributed by atoms with E-state index < -0.39 is 53.2 Å². The number of hydrogen-bond acceptors (Lipinski definition) is 12. The maximum absolute atomic E-state index is 14.6. The first-order valence-corrected chi connectivity index (χ1v) is 15.0. The van der Waals surface area contributed by atoms with Crippen molar-refractivity contribution in [3.05, 3.63) is 49.3 Å². The highest BCUT2D eigenvalue weighted by atomic mass is 16.5. The van der Waals surface area contributed by atoms with Crippen molar-refractivity contribution in [1.29, 1.82) is 0 Å². The summed E-state index contributed by atoms with van der Waals surface area (Å²) in [6, 6.07) is 2.73. The zero-order valence-electron chi connectivity index (χ0n) is 26.9. The molecule has 0 radical (unpaired) electrons. The van der Waals surface area contributed by atoms with Gasteiger partial charge in [-0.1, -0.05) is 11.6 Å². The number of phenolic OH excluding ortho intramolecular Hbond substituents is 1. The number of ketones is 2. The van der Waals surface area contributed by atoms with E-state index in [4.69, 9.17) is 19.3 Å². The third-order valence-electron chi connectivity index (χ3n) is 8.99. The average molecular weight is 671 g/mol. The lowest BCUT2D eigenvalue weighted by Crippen LogP contribution is -2.21. The van der Waals surface area contributed by atoms with Gasteiger partial charge in [0.1, 0.15) is 29.6 Å². The summed E-state index contributed by atoms with van der Waals surface area (Å²) in [4.78, 5) is 77.2. The van der Waals surface area contributed by atoms with Gasteiger partial charge in [-0.25, -0.2) is 4.79 Å². The standard InChI is InChI=1S/C35H30N2O12/c1-12-8-14-22-27-23(32(43)31(14)37-11-20(41)42)15(36-7-6-16(39)35(45)46)9-18(47-3)25(27)26-19(48-4)10-17(40)24-29(26)28(22)30(21(12)13(2)38)34(49-5)33(24)44/h8-10,21,36-37,40H,6-7,11H2,1-5H3,(H,41,42)(H,45,46). The zero-order chi connectivity index (χ0) is 35.6. The second-order valence-corrected chi connectivity index (χ2v) is 11.7. The monoisotopic (exact) mass is 670 g/mol. The SMILES string of the molecule is COc1c2c3c4c(c(NCC(=O)O)c(=O)c5c(NCCC(=O)C(=O)O)cc(OC)c(c6c(OC)cc(O)c(c1=O)c63)c54)C=C(C)C2C(C)=O. The summed E-state index contributed by atoms with van der Waals surface area (Å²) >= 11 is 0. The Balaban J connectivity index is 1.99. The van der Waals surface area contributed by atoms with Crippen molar-refractivity contribution in [2.75, 3.05) is 45.1 Å². The van der Waals surface area contributed by atoms with Gasteiger partial charge in [0.25, 0.3) is 0 Å². The number of hydrogen-bond donors (Lipinski definition) is 5. The fourth-order valence-electron chi connectivity index (χ4n) is 7.18. The predicted octanol–water partition coefficient (Wildman–Crippen LogP) is 3.67. The molecule has 1 atom stereocenters. The fraction of sp³-hybridized carbons (Fsp3) is 0.257. The molecule has 5 aromatic rings. The van der Waals surface area contributed by atoms with Crippen molar-refractivity contribution in [2.45, 2.75) is 26.2 Å². The van der Waals surface area contributed by atoms with E-state index >= 15 is 0 Å². The highest BCUT2D eigenvalue weighted by Gasteiger charge is 2.37. The van der Waals surface area contributed by atoms with E-state index in [1.54, 1.807) is 13.0 Å². The Labute approximate surface area is 276 Å². The number of phenols is 1. The van der Waals surface area contributed by atoms with Gasteiger partial charge in [0.05, 0.1) is 43.7 Å². The summed E-state index contributed by atoms with van der Waals surface area (Å²) in [5.41, 5.74) is -0.501. The molecule has 1 unspecified atom stereocenters. The molecule has 5 aromatic carbocycles. The number of Topliss-reactive ketones (excluding diaryl/α,β-unsaturated/α-hetero) is 2. The normalized spacial score (nSPS) is 13.9. The molecule has 252 valence electrons. The summed E-state index contributed by atoms with van der Waals surface area (Å²) in [6.07, 6.45) is 1.17. The number of aliphatic carboxylic acids is 2. The second-order valence-electron chi connectivity index (χ2n) is 11.7. The number of carboxylic acid groups (broad SMARTS) is 2. The van der Waals surface area contributed by atoms with Crippen LogP contribution in [0, 0.1) is 0 Å². The quantitative estimate of drug-likeness (QED) is 0.0728. The molecule has 1 aliphatic carbocycles. The van der Waals surface area contributed by atoms with Gasteiger partial charge in [0.2, 0.25) is 16.6 Å². The van der Waals surface area contributed by atoms with Gasteiger partial charge in [0, 0.05) is 68.8 Å². The number of fused-ring (bicyclic) bond motifs is 1. The molecule has 0 bridgehead atoms. The number of allylic oxidation sites excluding steroid dienone is 1. The minimum atomic E-state index is -1.62. The van der Waals surface area contributed by atoms with Crippen LogP contribution in [0.25, 0.3) is 49.2 Å². The first-order chi connectivity index (χ1) is 23.3. The number of aromatic hydroxyl groups is 1. The number of carbonyl (C=O) groups is 4. The Morgan fingerprint density at radius 2 is 1.43 bits per heavy atom. The number of carboxylic acids is 2. The predicted molar refractivity (Wildman–Crippen MR) is 182 cm³/mol. The van der Waals surface area contributed by atoms with Crippen LogP contribution in [-0.4, -0.2) is 73.2 Å². The Bertz CT molecular complexity index is 2450. The number of ether oxygens (including phenoxy) is 3. The summed E-state index contributed by atoms with van der Waals surface area (Å²) in [6.45, 7) is 2.15. The molecule has 0 heterocycles. The Morgan fingerprint density at radius 3 is 2.00 bits per heavy atom. The molecule has 49 heavy (non-hydrogen) atoms. The molecular weight excluding hydrogens is 640 g/mol. The zero-order valence-corrected chi connectivity index (χ0v) is 26.9. The number of anilines is 2. The van der Waals surface area contributed by atoms with Gasteiger partial charge < -0.3 is 40.2 Å². The maximum atomic E-state index is 14.6. The summed E-state index contributed by atoms with van der Waals surface area (Å²) in [5.74, 6) is -5.70. The van der Waals surface area contributed by atoms with Crippen LogP contribution >= 0.6 is 0 Å². The van der Waals surface area contributed by atoms with Crippen molar-refractivity contribution < 1.29 is 48.7 Å². The molecule has 0 saturated carbocycles.